The van der Waals surface area contributed by atoms with Crippen LogP contribution in [0.3, 0.4) is 0 Å². The fourth-order valence-electron chi connectivity index (χ4n) is 2.05. The van der Waals surface area contributed by atoms with Gasteiger partial charge in [0.05, 0.1) is 12.6 Å². The summed E-state index contributed by atoms with van der Waals surface area (Å²) in [5, 5.41) is 0. The van der Waals surface area contributed by atoms with Crippen LogP contribution in [0.5, 0.6) is 0 Å². The highest BCUT2D eigenvalue weighted by Gasteiger charge is 2.05. The van der Waals surface area contributed by atoms with Crippen LogP contribution in [-0.4, -0.2) is 50.2 Å². The van der Waals surface area contributed by atoms with Crippen molar-refractivity contribution in [3.8, 4) is 0 Å². The van der Waals surface area contributed by atoms with Crippen LogP contribution in [-0.2, 0) is 19.1 Å². The Morgan fingerprint density at radius 1 is 1.00 bits per heavy atom. The number of benzene rings is 1. The van der Waals surface area contributed by atoms with Crippen molar-refractivity contribution < 1.29 is 19.1 Å². The summed E-state index contributed by atoms with van der Waals surface area (Å²) in [6.07, 6.45) is 5.80. The molecule has 1 aromatic rings. The monoisotopic (exact) mass is 442 g/mol. The van der Waals surface area contributed by atoms with Gasteiger partial charge in [0.25, 0.3) is 0 Å². The van der Waals surface area contributed by atoms with Crippen molar-refractivity contribution in [1.29, 1.82) is 0 Å². The molecule has 0 amide bonds. The van der Waals surface area contributed by atoms with Crippen molar-refractivity contribution in [2.45, 2.75) is 53.5 Å². The molecular formula is C26H38N2O4. The van der Waals surface area contributed by atoms with Gasteiger partial charge in [0.2, 0.25) is 0 Å². The Hall–Kier alpha value is -3.02. The fraction of sp³-hybridized carbons (Fsp3) is 0.462. The lowest BCUT2D eigenvalue weighted by molar-refractivity contribution is -0.139. The van der Waals surface area contributed by atoms with E-state index in [4.69, 9.17) is 9.47 Å². The van der Waals surface area contributed by atoms with E-state index in [-0.39, 0.29) is 24.6 Å². The number of rotatable bonds is 12. The Balaban J connectivity index is 0.000000601. The number of hydrogen-bond donors (Lipinski definition) is 0. The molecule has 1 atom stereocenters. The smallest absolute Gasteiger partial charge is 0.333 e. The van der Waals surface area contributed by atoms with Crippen molar-refractivity contribution in [2.24, 2.45) is 15.9 Å². The highest BCUT2D eigenvalue weighted by molar-refractivity contribution is 5.87. The molecule has 1 rings (SSSR count). The molecule has 0 saturated carbocycles. The van der Waals surface area contributed by atoms with E-state index in [1.54, 1.807) is 20.1 Å². The van der Waals surface area contributed by atoms with Crippen molar-refractivity contribution in [1.82, 2.24) is 0 Å². The number of aliphatic imine (C=N–C) groups is 2. The molecule has 0 radical (unpaired) electrons. The van der Waals surface area contributed by atoms with E-state index in [0.717, 1.165) is 18.4 Å². The van der Waals surface area contributed by atoms with Crippen LogP contribution in [0.15, 0.2) is 64.6 Å². The topological polar surface area (TPSA) is 77.3 Å². The van der Waals surface area contributed by atoms with Gasteiger partial charge in [-0.2, -0.15) is 0 Å². The summed E-state index contributed by atoms with van der Waals surface area (Å²) >= 11 is 0. The van der Waals surface area contributed by atoms with E-state index in [2.05, 4.69) is 37.0 Å². The highest BCUT2D eigenvalue weighted by atomic mass is 16.5. The first-order chi connectivity index (χ1) is 15.1. The van der Waals surface area contributed by atoms with Gasteiger partial charge in [-0.3, -0.25) is 9.98 Å². The average molecular weight is 443 g/mol. The molecule has 0 bridgehead atoms. The third kappa shape index (κ3) is 16.7. The van der Waals surface area contributed by atoms with Crippen LogP contribution < -0.4 is 0 Å². The minimum Gasteiger partial charge on any atom is -0.460 e. The van der Waals surface area contributed by atoms with Crippen LogP contribution in [0.4, 0.5) is 0 Å². The summed E-state index contributed by atoms with van der Waals surface area (Å²) in [6.45, 7) is 17.6. The van der Waals surface area contributed by atoms with E-state index in [1.165, 1.54) is 0 Å². The third-order valence-corrected chi connectivity index (χ3v) is 3.88. The zero-order valence-corrected chi connectivity index (χ0v) is 20.2. The van der Waals surface area contributed by atoms with E-state index in [1.807, 2.05) is 43.5 Å². The summed E-state index contributed by atoms with van der Waals surface area (Å²) in [7, 11) is 0. The first kappa shape index (κ1) is 29.0. The standard InChI is InChI=1S/C13H15NO2.C13H23NO2/c1-11(2)13(15)16-9-8-14-10-12-6-4-3-5-7-12;1-10(2)7-6-8-14-12(5)9-16-13(15)11(3)4/h3-7,10H,1,8-9H2,2H3;8,10,12H,3,6-7,9H2,1-2,4-5H3. The Bertz CT molecular complexity index is 767. The van der Waals surface area contributed by atoms with Crippen molar-refractivity contribution in [2.75, 3.05) is 19.8 Å². The third-order valence-electron chi connectivity index (χ3n) is 3.88. The maximum absolute atomic E-state index is 11.1. The van der Waals surface area contributed by atoms with Gasteiger partial charge in [0.1, 0.15) is 13.2 Å². The van der Waals surface area contributed by atoms with Crippen molar-refractivity contribution in [3.05, 3.63) is 60.2 Å². The number of hydrogen-bond acceptors (Lipinski definition) is 6. The van der Waals surface area contributed by atoms with Crippen LogP contribution in [0, 0.1) is 5.92 Å². The van der Waals surface area contributed by atoms with E-state index >= 15 is 0 Å². The molecule has 0 aliphatic rings. The first-order valence-corrected chi connectivity index (χ1v) is 10.8. The van der Waals surface area contributed by atoms with Crippen molar-refractivity contribution >= 4 is 24.4 Å². The van der Waals surface area contributed by atoms with Crippen LogP contribution in [0.1, 0.15) is 53.0 Å². The quantitative estimate of drug-likeness (QED) is 0.192. The van der Waals surface area contributed by atoms with Gasteiger partial charge in [0.15, 0.2) is 0 Å². The lowest BCUT2D eigenvalue weighted by Gasteiger charge is -2.07. The van der Waals surface area contributed by atoms with Gasteiger partial charge >= 0.3 is 11.9 Å². The van der Waals surface area contributed by atoms with E-state index in [9.17, 15) is 9.59 Å². The number of esters is 2. The summed E-state index contributed by atoms with van der Waals surface area (Å²) in [5.41, 5.74) is 1.87. The van der Waals surface area contributed by atoms with Gasteiger partial charge in [-0.1, -0.05) is 57.3 Å². The Morgan fingerprint density at radius 3 is 2.16 bits per heavy atom. The minimum absolute atomic E-state index is 0.0236. The molecule has 0 fully saturated rings. The van der Waals surface area contributed by atoms with Gasteiger partial charge in [-0.15, -0.1) is 0 Å². The van der Waals surface area contributed by atoms with E-state index < -0.39 is 0 Å². The number of nitrogens with zero attached hydrogens (tertiary/aromatic N) is 2. The summed E-state index contributed by atoms with van der Waals surface area (Å²) < 4.78 is 9.88. The van der Waals surface area contributed by atoms with Gasteiger partial charge in [0, 0.05) is 17.4 Å². The Kier molecular flexibility index (Phi) is 16.0. The van der Waals surface area contributed by atoms with Crippen molar-refractivity contribution in [3.63, 3.8) is 0 Å². The molecule has 176 valence electrons. The number of carbonyl (C=O) groups is 2. The van der Waals surface area contributed by atoms with Crippen LogP contribution >= 0.6 is 0 Å². The van der Waals surface area contributed by atoms with Gasteiger partial charge in [-0.25, -0.2) is 9.59 Å². The second kappa shape index (κ2) is 17.6. The minimum atomic E-state index is -0.366. The molecule has 0 saturated heterocycles. The molecule has 1 unspecified atom stereocenters. The highest BCUT2D eigenvalue weighted by Crippen LogP contribution is 2.02. The van der Waals surface area contributed by atoms with Crippen LogP contribution in [0.2, 0.25) is 0 Å². The second-order valence-corrected chi connectivity index (χ2v) is 7.89. The Labute approximate surface area is 193 Å². The first-order valence-electron chi connectivity index (χ1n) is 10.8. The zero-order chi connectivity index (χ0) is 24.4. The zero-order valence-electron chi connectivity index (χ0n) is 20.2. The lowest BCUT2D eigenvalue weighted by atomic mass is 10.1. The average Bonchev–Trinajstić information content (AvgIpc) is 2.75. The summed E-state index contributed by atoms with van der Waals surface area (Å²) in [6, 6.07) is 9.79. The van der Waals surface area contributed by atoms with Crippen LogP contribution in [0.25, 0.3) is 0 Å². The molecule has 0 spiro atoms. The molecule has 0 aromatic heterocycles. The molecule has 0 heterocycles. The molecule has 6 heteroatoms. The maximum atomic E-state index is 11.1. The SMILES string of the molecule is C=C(C)C(=O)OCC(C)N=CCCC(C)C.C=C(C)C(=O)OCCN=Cc1ccccc1. The predicted molar refractivity (Wildman–Crippen MR) is 132 cm³/mol. The maximum Gasteiger partial charge on any atom is 0.333 e. The largest absolute Gasteiger partial charge is 0.460 e. The fourth-order valence-corrected chi connectivity index (χ4v) is 2.05. The molecule has 0 aliphatic carbocycles. The normalized spacial score (nSPS) is 11.7. The van der Waals surface area contributed by atoms with Gasteiger partial charge in [-0.05, 0) is 51.3 Å². The molecule has 1 aromatic carbocycles. The molecule has 0 aliphatic heterocycles. The molecule has 32 heavy (non-hydrogen) atoms. The molecule has 0 N–H and O–H groups in total. The molecular weight excluding hydrogens is 404 g/mol. The van der Waals surface area contributed by atoms with Gasteiger partial charge < -0.3 is 9.47 Å². The summed E-state index contributed by atoms with van der Waals surface area (Å²) in [4.78, 5) is 30.5. The van der Waals surface area contributed by atoms with E-state index in [0.29, 0.717) is 30.2 Å². The summed E-state index contributed by atoms with van der Waals surface area (Å²) in [5.74, 6) is -0.0119. The lowest BCUT2D eigenvalue weighted by Crippen LogP contribution is -2.14. The number of carbonyl (C=O) groups excluding carboxylic acids is 2. The Morgan fingerprint density at radius 2 is 1.59 bits per heavy atom. The number of ether oxygens (including phenoxy) is 2. The second-order valence-electron chi connectivity index (χ2n) is 7.89. The predicted octanol–water partition coefficient (Wildman–Crippen LogP) is 5.23. The molecule has 6 nitrogen and oxygen atoms in total.